The van der Waals surface area contributed by atoms with Gasteiger partial charge in [0.2, 0.25) is 0 Å². The first-order valence-corrected chi connectivity index (χ1v) is 12.0. The van der Waals surface area contributed by atoms with Crippen LogP contribution in [0.25, 0.3) is 0 Å². The van der Waals surface area contributed by atoms with E-state index in [9.17, 15) is 4.79 Å². The maximum absolute atomic E-state index is 13.0. The van der Waals surface area contributed by atoms with Crippen LogP contribution in [0.2, 0.25) is 0 Å². The van der Waals surface area contributed by atoms with Crippen LogP contribution in [0.1, 0.15) is 47.0 Å². The van der Waals surface area contributed by atoms with Gasteiger partial charge in [0.1, 0.15) is 11.5 Å². The van der Waals surface area contributed by atoms with E-state index in [0.29, 0.717) is 11.5 Å². The largest absolute Gasteiger partial charge is 0.426 e. The Hall–Kier alpha value is -4.52. The minimum Gasteiger partial charge on any atom is -0.387 e. The molecule has 0 N–H and O–H groups in total. The maximum Gasteiger partial charge on any atom is 0.426 e. The number of ether oxygens (including phenoxy) is 1. The number of benzene rings is 3. The molecule has 2 heterocycles. The number of aromatic nitrogens is 5. The quantitative estimate of drug-likeness (QED) is 0.301. The molecule has 0 amide bonds. The van der Waals surface area contributed by atoms with Crippen LogP contribution < -0.4 is 4.74 Å². The molecule has 178 valence electrons. The Balaban J connectivity index is 1.58. The summed E-state index contributed by atoms with van der Waals surface area (Å²) in [6.07, 6.45) is 4.58. The lowest BCUT2D eigenvalue weighted by Gasteiger charge is -2.34. The molecule has 1 fully saturated rings. The number of rotatable bonds is 6. The molecule has 6 rings (SSSR count). The van der Waals surface area contributed by atoms with E-state index in [1.165, 1.54) is 4.57 Å². The van der Waals surface area contributed by atoms with Crippen molar-refractivity contribution in [3.63, 3.8) is 0 Å². The van der Waals surface area contributed by atoms with Gasteiger partial charge in [0.05, 0.1) is 0 Å². The smallest absolute Gasteiger partial charge is 0.387 e. The second-order valence-electron chi connectivity index (χ2n) is 8.98. The van der Waals surface area contributed by atoms with Crippen molar-refractivity contribution < 1.29 is 9.53 Å². The maximum atomic E-state index is 13.0. The normalized spacial score (nSPS) is 13.5. The summed E-state index contributed by atoms with van der Waals surface area (Å²) < 4.78 is 7.21. The van der Waals surface area contributed by atoms with Crippen molar-refractivity contribution in [2.24, 2.45) is 0 Å². The van der Waals surface area contributed by atoms with Crippen LogP contribution in [0.5, 0.6) is 5.88 Å². The van der Waals surface area contributed by atoms with Gasteiger partial charge in [0.15, 0.2) is 5.54 Å². The van der Waals surface area contributed by atoms with Crippen LogP contribution in [0, 0.1) is 6.92 Å². The van der Waals surface area contributed by atoms with Crippen molar-refractivity contribution in [1.29, 1.82) is 0 Å². The fourth-order valence-corrected chi connectivity index (χ4v) is 4.73. The predicted molar refractivity (Wildman–Crippen MR) is 135 cm³/mol. The highest BCUT2D eigenvalue weighted by molar-refractivity contribution is 5.73. The predicted octanol–water partition coefficient (Wildman–Crippen LogP) is 5.55. The molecule has 0 saturated heterocycles. The van der Waals surface area contributed by atoms with Gasteiger partial charge in [0.25, 0.3) is 5.88 Å². The molecule has 1 saturated carbocycles. The number of hydrogen-bond acceptors (Lipinski definition) is 5. The second kappa shape index (κ2) is 8.92. The molecule has 0 spiro atoms. The molecule has 2 aromatic heterocycles. The number of hydrogen-bond donors (Lipinski definition) is 0. The van der Waals surface area contributed by atoms with Gasteiger partial charge in [-0.25, -0.2) is 14.3 Å². The van der Waals surface area contributed by atoms with Gasteiger partial charge < -0.3 is 4.74 Å². The number of carbonyl (C=O) groups is 1. The van der Waals surface area contributed by atoms with E-state index in [2.05, 4.69) is 41.4 Å². The monoisotopic (exact) mass is 475 g/mol. The average Bonchev–Trinajstić information content (AvgIpc) is 3.55. The zero-order valence-electron chi connectivity index (χ0n) is 19.9. The SMILES string of the molecule is Cc1nccn1C(=O)Oc1nn(C(c2ccccc2)(c2ccccc2)c2ccccc2)nc1C1CC1. The summed E-state index contributed by atoms with van der Waals surface area (Å²) in [6.45, 7) is 1.76. The highest BCUT2D eigenvalue weighted by Gasteiger charge is 2.43. The molecule has 0 unspecified atom stereocenters. The Morgan fingerprint density at radius 3 is 1.81 bits per heavy atom. The Morgan fingerprint density at radius 2 is 1.36 bits per heavy atom. The molecule has 36 heavy (non-hydrogen) atoms. The molecule has 0 atom stereocenters. The molecule has 7 heteroatoms. The third-order valence-corrected chi connectivity index (χ3v) is 6.65. The summed E-state index contributed by atoms with van der Waals surface area (Å²) in [4.78, 5) is 18.8. The Morgan fingerprint density at radius 1 is 0.833 bits per heavy atom. The van der Waals surface area contributed by atoms with Gasteiger partial charge in [-0.3, -0.25) is 0 Å². The zero-order chi connectivity index (χ0) is 24.5. The van der Waals surface area contributed by atoms with Gasteiger partial charge in [-0.15, -0.1) is 5.10 Å². The first-order valence-electron chi connectivity index (χ1n) is 12.0. The van der Waals surface area contributed by atoms with Crippen molar-refractivity contribution in [1.82, 2.24) is 24.5 Å². The van der Waals surface area contributed by atoms with Crippen molar-refractivity contribution in [2.45, 2.75) is 31.2 Å². The van der Waals surface area contributed by atoms with E-state index in [0.717, 1.165) is 29.5 Å². The summed E-state index contributed by atoms with van der Waals surface area (Å²) in [5.74, 6) is 1.00. The molecular formula is C29H25N5O2. The molecule has 3 aromatic carbocycles. The number of aryl methyl sites for hydroxylation is 1. The van der Waals surface area contributed by atoms with Gasteiger partial charge >= 0.3 is 6.09 Å². The van der Waals surface area contributed by atoms with E-state index in [4.69, 9.17) is 14.9 Å². The lowest BCUT2D eigenvalue weighted by atomic mass is 9.77. The molecule has 0 bridgehead atoms. The molecule has 7 nitrogen and oxygen atoms in total. The third kappa shape index (κ3) is 3.69. The van der Waals surface area contributed by atoms with Crippen LogP contribution in [0.3, 0.4) is 0 Å². The topological polar surface area (TPSA) is 74.8 Å². The molecule has 0 radical (unpaired) electrons. The lowest BCUT2D eigenvalue weighted by molar-refractivity contribution is 0.198. The van der Waals surface area contributed by atoms with Gasteiger partial charge in [-0.2, -0.15) is 9.90 Å². The fraction of sp³-hybridized carbons (Fsp3) is 0.172. The summed E-state index contributed by atoms with van der Waals surface area (Å²) in [5, 5.41) is 9.92. The van der Waals surface area contributed by atoms with Crippen LogP contribution in [0.15, 0.2) is 103 Å². The highest BCUT2D eigenvalue weighted by atomic mass is 16.6. The minimum absolute atomic E-state index is 0.213. The number of nitrogens with zero attached hydrogens (tertiary/aromatic N) is 5. The van der Waals surface area contributed by atoms with E-state index >= 15 is 0 Å². The summed E-state index contributed by atoms with van der Waals surface area (Å²) in [7, 11) is 0. The molecular weight excluding hydrogens is 450 g/mol. The van der Waals surface area contributed by atoms with Gasteiger partial charge in [-0.05, 0) is 36.5 Å². The molecule has 0 aliphatic heterocycles. The Bertz CT molecular complexity index is 1390. The standard InChI is InChI=1S/C29H25N5O2/c1-21-30-19-20-33(21)28(35)36-27-26(22-17-18-22)31-34(32-27)29(23-11-5-2-6-12-23,24-13-7-3-8-14-24)25-15-9-4-10-16-25/h2-16,19-20,22H,17-18H2,1H3. The summed E-state index contributed by atoms with van der Waals surface area (Å²) in [5.41, 5.74) is 2.84. The molecule has 1 aliphatic rings. The third-order valence-electron chi connectivity index (χ3n) is 6.65. The van der Waals surface area contributed by atoms with Crippen molar-refractivity contribution in [2.75, 3.05) is 0 Å². The zero-order valence-corrected chi connectivity index (χ0v) is 19.9. The van der Waals surface area contributed by atoms with Crippen LogP contribution >= 0.6 is 0 Å². The highest BCUT2D eigenvalue weighted by Crippen LogP contribution is 2.45. The van der Waals surface area contributed by atoms with E-state index in [-0.39, 0.29) is 11.8 Å². The number of carbonyl (C=O) groups excluding carboxylic acids is 1. The Labute approximate surface area is 209 Å². The van der Waals surface area contributed by atoms with Crippen molar-refractivity contribution >= 4 is 6.09 Å². The number of imidazole rings is 1. The summed E-state index contributed by atoms with van der Waals surface area (Å²) >= 11 is 0. The molecule has 1 aliphatic carbocycles. The first kappa shape index (κ1) is 22.0. The van der Waals surface area contributed by atoms with Crippen LogP contribution in [0.4, 0.5) is 4.79 Å². The van der Waals surface area contributed by atoms with Crippen LogP contribution in [-0.4, -0.2) is 30.6 Å². The van der Waals surface area contributed by atoms with E-state index in [1.807, 2.05) is 54.6 Å². The van der Waals surface area contributed by atoms with Gasteiger partial charge in [-0.1, -0.05) is 91.0 Å². The minimum atomic E-state index is -0.872. The van der Waals surface area contributed by atoms with Crippen molar-refractivity contribution in [3.8, 4) is 5.88 Å². The fourth-order valence-electron chi connectivity index (χ4n) is 4.73. The van der Waals surface area contributed by atoms with E-state index in [1.54, 1.807) is 24.1 Å². The lowest BCUT2D eigenvalue weighted by Crippen LogP contribution is -2.39. The second-order valence-corrected chi connectivity index (χ2v) is 8.98. The van der Waals surface area contributed by atoms with Gasteiger partial charge in [0, 0.05) is 18.3 Å². The van der Waals surface area contributed by atoms with Crippen LogP contribution in [-0.2, 0) is 5.54 Å². The first-order chi connectivity index (χ1) is 17.7. The molecule has 5 aromatic rings. The van der Waals surface area contributed by atoms with Crippen molar-refractivity contribution in [3.05, 3.63) is 132 Å². The summed E-state index contributed by atoms with van der Waals surface area (Å²) in [6, 6.07) is 30.6. The average molecular weight is 476 g/mol. The Kier molecular flexibility index (Phi) is 5.45. The van der Waals surface area contributed by atoms with E-state index < -0.39 is 11.6 Å².